The van der Waals surface area contributed by atoms with Gasteiger partial charge in [-0.15, -0.1) is 0 Å². The Morgan fingerprint density at radius 3 is 1.82 bits per heavy atom. The van der Waals surface area contributed by atoms with Crippen molar-refractivity contribution in [1.29, 1.82) is 0 Å². The molecule has 0 saturated carbocycles. The zero-order valence-corrected chi connectivity index (χ0v) is 24.6. The molecule has 0 unspecified atom stereocenters. The summed E-state index contributed by atoms with van der Waals surface area (Å²) in [6.07, 6.45) is 0.105. The van der Waals surface area contributed by atoms with Gasteiger partial charge in [0.05, 0.1) is 7.11 Å². The number of carbonyl (C=O) groups excluding carboxylic acids is 3. The third-order valence-electron chi connectivity index (χ3n) is 6.75. The van der Waals surface area contributed by atoms with Crippen LogP contribution in [0, 0.1) is 5.82 Å². The van der Waals surface area contributed by atoms with Gasteiger partial charge in [0, 0.05) is 19.8 Å². The van der Waals surface area contributed by atoms with Gasteiger partial charge in [0.25, 0.3) is 0 Å². The second-order valence-electron chi connectivity index (χ2n) is 10.2. The molecule has 0 aromatic heterocycles. The highest BCUT2D eigenvalue weighted by Gasteiger charge is 2.28. The van der Waals surface area contributed by atoms with Gasteiger partial charge in [0.1, 0.15) is 31.1 Å². The van der Waals surface area contributed by atoms with Gasteiger partial charge in [0.2, 0.25) is 11.8 Å². The Kier molecular flexibility index (Phi) is 11.5. The molecule has 4 aromatic carbocycles. The largest absolute Gasteiger partial charge is 0.485 e. The number of hydrogen-bond acceptors (Lipinski definition) is 6. The zero-order chi connectivity index (χ0) is 31.3. The van der Waals surface area contributed by atoms with Gasteiger partial charge in [-0.1, -0.05) is 78.9 Å². The molecule has 8 nitrogen and oxygen atoms in total. The summed E-state index contributed by atoms with van der Waals surface area (Å²) in [7, 11) is 1.23. The Balaban J connectivity index is 1.53. The number of nitrogens with one attached hydrogen (secondary N) is 2. The molecular weight excluding hydrogens is 563 g/mol. The topological polar surface area (TPSA) is 103 Å². The molecule has 0 aliphatic rings. The maximum atomic E-state index is 13.8. The van der Waals surface area contributed by atoms with E-state index in [9.17, 15) is 18.8 Å². The summed E-state index contributed by atoms with van der Waals surface area (Å²) in [6, 6.07) is 28.4. The lowest BCUT2D eigenvalue weighted by Gasteiger charge is -2.22. The van der Waals surface area contributed by atoms with E-state index >= 15 is 0 Å². The summed E-state index contributed by atoms with van der Waals surface area (Å²) in [4.78, 5) is 38.0. The lowest BCUT2D eigenvalue weighted by molar-refractivity contribution is -0.145. The standard InChI is InChI=1S/C35H35FN2O6/c1-24(39)37-30(19-27-14-9-15-29(36)18-27)34(40)38-31(35(41)42-2)20-28-16-17-32(43-22-25-10-5-3-6-11-25)33(21-28)44-23-26-12-7-4-8-13-26/h3-18,21,30-31H,19-20,22-23H2,1-2H3,(H,37,39)(H,38,40)/t30-,31+/m0/s1. The molecule has 0 spiro atoms. The summed E-state index contributed by atoms with van der Waals surface area (Å²) in [6.45, 7) is 1.91. The van der Waals surface area contributed by atoms with E-state index in [0.29, 0.717) is 35.8 Å². The van der Waals surface area contributed by atoms with Crippen molar-refractivity contribution in [1.82, 2.24) is 10.6 Å². The quantitative estimate of drug-likeness (QED) is 0.200. The minimum atomic E-state index is -1.07. The average Bonchev–Trinajstić information content (AvgIpc) is 3.03. The predicted octanol–water partition coefficient (Wildman–Crippen LogP) is 4.93. The van der Waals surface area contributed by atoms with Crippen molar-refractivity contribution in [2.75, 3.05) is 7.11 Å². The van der Waals surface area contributed by atoms with Crippen LogP contribution in [0.15, 0.2) is 103 Å². The molecule has 2 amide bonds. The third-order valence-corrected chi connectivity index (χ3v) is 6.75. The number of methoxy groups -OCH3 is 1. The van der Waals surface area contributed by atoms with Crippen LogP contribution in [0.4, 0.5) is 4.39 Å². The van der Waals surface area contributed by atoms with Crippen molar-refractivity contribution in [2.45, 2.75) is 45.1 Å². The van der Waals surface area contributed by atoms with Crippen LogP contribution >= 0.6 is 0 Å². The highest BCUT2D eigenvalue weighted by Crippen LogP contribution is 2.31. The molecule has 4 aromatic rings. The van der Waals surface area contributed by atoms with Crippen molar-refractivity contribution in [3.05, 3.63) is 131 Å². The molecule has 9 heteroatoms. The summed E-state index contributed by atoms with van der Waals surface area (Å²) in [5, 5.41) is 5.29. The van der Waals surface area contributed by atoms with E-state index in [2.05, 4.69) is 10.6 Å². The lowest BCUT2D eigenvalue weighted by atomic mass is 10.0. The maximum Gasteiger partial charge on any atom is 0.328 e. The van der Waals surface area contributed by atoms with Crippen LogP contribution in [0.2, 0.25) is 0 Å². The molecule has 0 radical (unpaired) electrons. The van der Waals surface area contributed by atoms with Crippen LogP contribution < -0.4 is 20.1 Å². The van der Waals surface area contributed by atoms with E-state index in [1.165, 1.54) is 32.2 Å². The second-order valence-corrected chi connectivity index (χ2v) is 10.2. The van der Waals surface area contributed by atoms with Crippen LogP contribution in [-0.4, -0.2) is 37.0 Å². The van der Waals surface area contributed by atoms with Crippen molar-refractivity contribution < 1.29 is 33.0 Å². The SMILES string of the molecule is COC(=O)[C@@H](Cc1ccc(OCc2ccccc2)c(OCc2ccccc2)c1)NC(=O)[C@H](Cc1cccc(F)c1)NC(C)=O. The van der Waals surface area contributed by atoms with Gasteiger partial charge in [-0.05, 0) is 46.5 Å². The Bertz CT molecular complexity index is 1550. The number of carbonyl (C=O) groups is 3. The monoisotopic (exact) mass is 598 g/mol. The molecule has 0 aliphatic carbocycles. The maximum absolute atomic E-state index is 13.8. The number of ether oxygens (including phenoxy) is 3. The molecule has 44 heavy (non-hydrogen) atoms. The first kappa shape index (κ1) is 31.7. The van der Waals surface area contributed by atoms with E-state index in [1.807, 2.05) is 60.7 Å². The van der Waals surface area contributed by atoms with Crippen LogP contribution in [0.25, 0.3) is 0 Å². The number of esters is 1. The first-order chi connectivity index (χ1) is 21.3. The summed E-state index contributed by atoms with van der Waals surface area (Å²) < 4.78 is 31.0. The fourth-order valence-electron chi connectivity index (χ4n) is 4.58. The van der Waals surface area contributed by atoms with E-state index in [1.54, 1.807) is 24.3 Å². The van der Waals surface area contributed by atoms with Crippen molar-refractivity contribution >= 4 is 17.8 Å². The number of amides is 2. The minimum Gasteiger partial charge on any atom is -0.485 e. The van der Waals surface area contributed by atoms with Crippen molar-refractivity contribution in [2.24, 2.45) is 0 Å². The first-order valence-electron chi connectivity index (χ1n) is 14.2. The molecule has 2 atom stereocenters. The predicted molar refractivity (Wildman–Crippen MR) is 163 cm³/mol. The smallest absolute Gasteiger partial charge is 0.328 e. The molecule has 4 rings (SSSR count). The molecule has 0 aliphatic heterocycles. The van der Waals surface area contributed by atoms with Gasteiger partial charge in [-0.3, -0.25) is 9.59 Å². The Morgan fingerprint density at radius 2 is 1.23 bits per heavy atom. The number of halogens is 1. The van der Waals surface area contributed by atoms with E-state index in [4.69, 9.17) is 14.2 Å². The van der Waals surface area contributed by atoms with E-state index < -0.39 is 35.7 Å². The normalized spacial score (nSPS) is 12.0. The van der Waals surface area contributed by atoms with Gasteiger partial charge in [-0.25, -0.2) is 9.18 Å². The van der Waals surface area contributed by atoms with Crippen LogP contribution in [0.1, 0.15) is 29.2 Å². The fraction of sp³-hybridized carbons (Fsp3) is 0.229. The number of hydrogen-bond donors (Lipinski definition) is 2. The summed E-state index contributed by atoms with van der Waals surface area (Å²) >= 11 is 0. The Hall–Kier alpha value is -5.18. The van der Waals surface area contributed by atoms with E-state index in [-0.39, 0.29) is 12.8 Å². The number of benzene rings is 4. The molecule has 0 fully saturated rings. The molecule has 2 N–H and O–H groups in total. The van der Waals surface area contributed by atoms with E-state index in [0.717, 1.165) is 11.1 Å². The summed E-state index contributed by atoms with van der Waals surface area (Å²) in [5.41, 5.74) is 3.15. The van der Waals surface area contributed by atoms with Crippen molar-refractivity contribution in [3.8, 4) is 11.5 Å². The van der Waals surface area contributed by atoms with Gasteiger partial charge < -0.3 is 24.8 Å². The van der Waals surface area contributed by atoms with Gasteiger partial charge in [0.15, 0.2) is 11.5 Å². The van der Waals surface area contributed by atoms with Crippen LogP contribution in [-0.2, 0) is 45.2 Å². The van der Waals surface area contributed by atoms with Gasteiger partial charge in [-0.2, -0.15) is 0 Å². The average molecular weight is 599 g/mol. The Morgan fingerprint density at radius 1 is 0.659 bits per heavy atom. The highest BCUT2D eigenvalue weighted by molar-refractivity contribution is 5.90. The van der Waals surface area contributed by atoms with Crippen LogP contribution in [0.5, 0.6) is 11.5 Å². The zero-order valence-electron chi connectivity index (χ0n) is 24.6. The molecule has 228 valence electrons. The molecule has 0 bridgehead atoms. The van der Waals surface area contributed by atoms with Crippen molar-refractivity contribution in [3.63, 3.8) is 0 Å². The summed E-state index contributed by atoms with van der Waals surface area (Å²) in [5.74, 6) is -1.18. The lowest BCUT2D eigenvalue weighted by Crippen LogP contribution is -2.53. The minimum absolute atomic E-state index is 0.0298. The van der Waals surface area contributed by atoms with Crippen LogP contribution in [0.3, 0.4) is 0 Å². The molecular formula is C35H35FN2O6. The Labute approximate surface area is 256 Å². The fourth-order valence-corrected chi connectivity index (χ4v) is 4.58. The number of rotatable bonds is 14. The van der Waals surface area contributed by atoms with Gasteiger partial charge >= 0.3 is 5.97 Å². The third kappa shape index (κ3) is 9.69. The highest BCUT2D eigenvalue weighted by atomic mass is 19.1. The molecule has 0 saturated heterocycles. The molecule has 0 heterocycles. The second kappa shape index (κ2) is 15.9. The first-order valence-corrected chi connectivity index (χ1v) is 14.2.